The first-order valence-electron chi connectivity index (χ1n) is 6.72. The monoisotopic (exact) mass is 268 g/mol. The molecule has 2 aliphatic carbocycles. The van der Waals surface area contributed by atoms with Gasteiger partial charge in [-0.1, -0.05) is 12.2 Å². The number of ether oxygens (including phenoxy) is 4. The molecule has 0 saturated heterocycles. The van der Waals surface area contributed by atoms with Gasteiger partial charge < -0.3 is 18.9 Å². The largest absolute Gasteiger partial charge is 0.384 e. The SMILES string of the molecule is COC[C@@H]1C2=CCC=C2[C@@H](COC)[C@@H](OC)[C@@H]1OC. The van der Waals surface area contributed by atoms with E-state index >= 15 is 0 Å². The van der Waals surface area contributed by atoms with Crippen LogP contribution in [0, 0.1) is 11.8 Å². The summed E-state index contributed by atoms with van der Waals surface area (Å²) in [4.78, 5) is 0. The van der Waals surface area contributed by atoms with Gasteiger partial charge in [0.25, 0.3) is 0 Å². The zero-order valence-electron chi connectivity index (χ0n) is 12.2. The second-order valence-electron chi connectivity index (χ2n) is 5.08. The lowest BCUT2D eigenvalue weighted by atomic mass is 9.72. The molecule has 2 aliphatic rings. The predicted molar refractivity (Wildman–Crippen MR) is 73.1 cm³/mol. The molecule has 0 amide bonds. The van der Waals surface area contributed by atoms with E-state index in [0.717, 1.165) is 6.42 Å². The molecule has 1 saturated carbocycles. The van der Waals surface area contributed by atoms with Crippen molar-refractivity contribution in [3.05, 3.63) is 23.3 Å². The Bertz CT molecular complexity index is 327. The Kier molecular flexibility index (Phi) is 5.16. The van der Waals surface area contributed by atoms with Gasteiger partial charge >= 0.3 is 0 Å². The molecule has 4 atom stereocenters. The van der Waals surface area contributed by atoms with Crippen molar-refractivity contribution in [2.24, 2.45) is 11.8 Å². The van der Waals surface area contributed by atoms with Crippen molar-refractivity contribution in [1.29, 1.82) is 0 Å². The van der Waals surface area contributed by atoms with Crippen molar-refractivity contribution in [3.8, 4) is 0 Å². The quantitative estimate of drug-likeness (QED) is 0.736. The van der Waals surface area contributed by atoms with Crippen LogP contribution >= 0.6 is 0 Å². The average Bonchev–Trinajstić information content (AvgIpc) is 2.90. The normalized spacial score (nSPS) is 33.9. The summed E-state index contributed by atoms with van der Waals surface area (Å²) in [6, 6.07) is 0. The number of allylic oxidation sites excluding steroid dienone is 2. The Hall–Kier alpha value is -0.680. The Morgan fingerprint density at radius 3 is 1.58 bits per heavy atom. The highest BCUT2D eigenvalue weighted by molar-refractivity contribution is 5.45. The molecule has 0 radical (unpaired) electrons. The summed E-state index contributed by atoms with van der Waals surface area (Å²) in [7, 11) is 6.95. The number of fused-ring (bicyclic) bond motifs is 1. The molecule has 108 valence electrons. The molecule has 1 fully saturated rings. The van der Waals surface area contributed by atoms with Crippen LogP contribution in [0.5, 0.6) is 0 Å². The zero-order valence-corrected chi connectivity index (χ0v) is 12.2. The first kappa shape index (κ1) is 14.7. The molecule has 19 heavy (non-hydrogen) atoms. The maximum absolute atomic E-state index is 5.72. The van der Waals surface area contributed by atoms with Crippen LogP contribution in [0.3, 0.4) is 0 Å². The Morgan fingerprint density at radius 1 is 0.842 bits per heavy atom. The van der Waals surface area contributed by atoms with E-state index < -0.39 is 0 Å². The first-order valence-corrected chi connectivity index (χ1v) is 6.72. The van der Waals surface area contributed by atoms with E-state index in [1.54, 1.807) is 28.4 Å². The van der Waals surface area contributed by atoms with E-state index in [1.165, 1.54) is 11.1 Å². The van der Waals surface area contributed by atoms with Gasteiger partial charge in [0, 0.05) is 40.3 Å². The fourth-order valence-corrected chi connectivity index (χ4v) is 3.42. The molecule has 0 aromatic rings. The topological polar surface area (TPSA) is 36.9 Å². The van der Waals surface area contributed by atoms with E-state index in [-0.39, 0.29) is 24.0 Å². The maximum atomic E-state index is 5.72. The van der Waals surface area contributed by atoms with Crippen molar-refractivity contribution in [1.82, 2.24) is 0 Å². The molecular formula is C15H24O4. The molecule has 4 heteroatoms. The van der Waals surface area contributed by atoms with Gasteiger partial charge in [0.1, 0.15) is 0 Å². The summed E-state index contributed by atoms with van der Waals surface area (Å²) in [5.74, 6) is 0.476. The summed E-state index contributed by atoms with van der Waals surface area (Å²) < 4.78 is 22.2. The van der Waals surface area contributed by atoms with Crippen molar-refractivity contribution >= 4 is 0 Å². The van der Waals surface area contributed by atoms with Crippen LogP contribution in [0.2, 0.25) is 0 Å². The van der Waals surface area contributed by atoms with Crippen LogP contribution in [0.4, 0.5) is 0 Å². The van der Waals surface area contributed by atoms with Crippen molar-refractivity contribution in [2.75, 3.05) is 41.7 Å². The molecule has 0 bridgehead atoms. The average molecular weight is 268 g/mol. The second kappa shape index (κ2) is 6.66. The number of methoxy groups -OCH3 is 4. The molecule has 0 N–H and O–H groups in total. The van der Waals surface area contributed by atoms with Gasteiger partial charge in [-0.2, -0.15) is 0 Å². The lowest BCUT2D eigenvalue weighted by Gasteiger charge is -2.43. The number of hydrogen-bond donors (Lipinski definition) is 0. The van der Waals surface area contributed by atoms with Crippen LogP contribution in [0.25, 0.3) is 0 Å². The van der Waals surface area contributed by atoms with E-state index in [1.807, 2.05) is 0 Å². The fourth-order valence-electron chi connectivity index (χ4n) is 3.42. The summed E-state index contributed by atoms with van der Waals surface area (Å²) >= 11 is 0. The number of rotatable bonds is 6. The Morgan fingerprint density at radius 2 is 1.26 bits per heavy atom. The van der Waals surface area contributed by atoms with Crippen LogP contribution < -0.4 is 0 Å². The van der Waals surface area contributed by atoms with Gasteiger partial charge in [-0.05, 0) is 17.6 Å². The van der Waals surface area contributed by atoms with Crippen LogP contribution in [-0.2, 0) is 18.9 Å². The van der Waals surface area contributed by atoms with Crippen molar-refractivity contribution in [2.45, 2.75) is 18.6 Å². The van der Waals surface area contributed by atoms with Crippen LogP contribution in [0.1, 0.15) is 6.42 Å². The minimum Gasteiger partial charge on any atom is -0.384 e. The highest BCUT2D eigenvalue weighted by atomic mass is 16.5. The third-order valence-corrected chi connectivity index (χ3v) is 4.16. The van der Waals surface area contributed by atoms with Gasteiger partial charge in [-0.25, -0.2) is 0 Å². The summed E-state index contributed by atoms with van der Waals surface area (Å²) in [6.45, 7) is 1.31. The van der Waals surface area contributed by atoms with Gasteiger partial charge in [0.2, 0.25) is 0 Å². The molecule has 2 rings (SSSR count). The van der Waals surface area contributed by atoms with E-state index in [0.29, 0.717) is 13.2 Å². The Labute approximate surface area is 115 Å². The maximum Gasteiger partial charge on any atom is 0.0930 e. The molecule has 0 spiro atoms. The van der Waals surface area contributed by atoms with E-state index in [9.17, 15) is 0 Å². The highest BCUT2D eigenvalue weighted by Crippen LogP contribution is 2.44. The molecule has 0 aromatic heterocycles. The molecule has 0 aliphatic heterocycles. The third kappa shape index (κ3) is 2.63. The lowest BCUT2D eigenvalue weighted by molar-refractivity contribution is -0.106. The fraction of sp³-hybridized carbons (Fsp3) is 0.733. The Balaban J connectivity index is 2.33. The van der Waals surface area contributed by atoms with E-state index in [2.05, 4.69) is 12.2 Å². The lowest BCUT2D eigenvalue weighted by Crippen LogP contribution is -2.50. The van der Waals surface area contributed by atoms with Crippen LogP contribution in [0.15, 0.2) is 23.3 Å². The minimum absolute atomic E-state index is 0.00611. The van der Waals surface area contributed by atoms with Crippen molar-refractivity contribution < 1.29 is 18.9 Å². The molecule has 4 nitrogen and oxygen atoms in total. The van der Waals surface area contributed by atoms with Gasteiger partial charge in [0.15, 0.2) is 0 Å². The van der Waals surface area contributed by atoms with Crippen LogP contribution in [-0.4, -0.2) is 53.9 Å². The zero-order chi connectivity index (χ0) is 13.8. The molecule has 0 heterocycles. The first-order chi connectivity index (χ1) is 9.28. The summed E-state index contributed by atoms with van der Waals surface area (Å²) in [5.41, 5.74) is 2.70. The van der Waals surface area contributed by atoms with Gasteiger partial charge in [0.05, 0.1) is 25.4 Å². The molecule has 0 unspecified atom stereocenters. The molecular weight excluding hydrogens is 244 g/mol. The summed E-state index contributed by atoms with van der Waals surface area (Å²) in [6.07, 6.45) is 5.55. The van der Waals surface area contributed by atoms with Crippen molar-refractivity contribution in [3.63, 3.8) is 0 Å². The second-order valence-corrected chi connectivity index (χ2v) is 5.08. The molecule has 0 aromatic carbocycles. The smallest absolute Gasteiger partial charge is 0.0930 e. The van der Waals surface area contributed by atoms with E-state index in [4.69, 9.17) is 18.9 Å². The summed E-state index contributed by atoms with van der Waals surface area (Å²) in [5, 5.41) is 0. The third-order valence-electron chi connectivity index (χ3n) is 4.16. The van der Waals surface area contributed by atoms with Gasteiger partial charge in [-0.15, -0.1) is 0 Å². The highest BCUT2D eigenvalue weighted by Gasteiger charge is 2.46. The van der Waals surface area contributed by atoms with Gasteiger partial charge in [-0.3, -0.25) is 0 Å². The minimum atomic E-state index is 0.00611. The predicted octanol–water partition coefficient (Wildman–Crippen LogP) is 1.81. The standard InChI is InChI=1S/C15H24O4/c1-16-8-12-10-6-5-7-11(10)13(9-17-2)15(19-4)14(12)18-3/h6-7,12-15H,5,8-9H2,1-4H3/t12-,13-,14-,15-/m1/s1. The number of hydrogen-bond acceptors (Lipinski definition) is 4.